The summed E-state index contributed by atoms with van der Waals surface area (Å²) in [7, 11) is 1.98. The van der Waals surface area contributed by atoms with Crippen molar-refractivity contribution in [3.05, 3.63) is 40.8 Å². The molecule has 1 heterocycles. The Morgan fingerprint density at radius 3 is 2.44 bits per heavy atom. The van der Waals surface area contributed by atoms with Crippen molar-refractivity contribution in [1.29, 1.82) is 0 Å². The average molecular weight is 236 g/mol. The van der Waals surface area contributed by atoms with E-state index in [0.29, 0.717) is 6.54 Å². The van der Waals surface area contributed by atoms with E-state index >= 15 is 0 Å². The predicted molar refractivity (Wildman–Crippen MR) is 66.3 cm³/mol. The maximum Gasteiger partial charge on any atom is 0.122 e. The van der Waals surface area contributed by atoms with Crippen LogP contribution >= 0.6 is 11.6 Å². The van der Waals surface area contributed by atoms with E-state index in [4.69, 9.17) is 17.3 Å². The van der Waals surface area contributed by atoms with Gasteiger partial charge in [-0.3, -0.25) is 0 Å². The molecule has 0 spiro atoms. The van der Waals surface area contributed by atoms with Gasteiger partial charge in [-0.25, -0.2) is 4.98 Å². The Morgan fingerprint density at radius 2 is 1.94 bits per heavy atom. The van der Waals surface area contributed by atoms with Gasteiger partial charge in [0.1, 0.15) is 5.82 Å². The van der Waals surface area contributed by atoms with Crippen molar-refractivity contribution in [2.75, 3.05) is 0 Å². The monoisotopic (exact) mass is 235 g/mol. The quantitative estimate of drug-likeness (QED) is 0.869. The summed E-state index contributed by atoms with van der Waals surface area (Å²) in [5, 5.41) is 0.739. The summed E-state index contributed by atoms with van der Waals surface area (Å²) in [6.07, 6.45) is 0. The van der Waals surface area contributed by atoms with E-state index in [1.807, 2.05) is 42.8 Å². The molecule has 0 radical (unpaired) electrons. The second kappa shape index (κ2) is 4.28. The van der Waals surface area contributed by atoms with Crippen LogP contribution in [-0.4, -0.2) is 9.55 Å². The average Bonchev–Trinajstić information content (AvgIpc) is 2.56. The minimum Gasteiger partial charge on any atom is -0.330 e. The van der Waals surface area contributed by atoms with Crippen LogP contribution in [0.2, 0.25) is 5.02 Å². The highest BCUT2D eigenvalue weighted by atomic mass is 35.5. The molecule has 2 aromatic rings. The SMILES string of the molecule is Cc1nc(CN)n(C)c1-c1ccc(Cl)cc1. The molecule has 0 saturated heterocycles. The Labute approximate surface area is 99.9 Å². The zero-order valence-electron chi connectivity index (χ0n) is 9.37. The van der Waals surface area contributed by atoms with Gasteiger partial charge in [0, 0.05) is 17.6 Å². The van der Waals surface area contributed by atoms with Crippen LogP contribution in [0.5, 0.6) is 0 Å². The number of halogens is 1. The number of hydrogen-bond acceptors (Lipinski definition) is 2. The number of imidazole rings is 1. The molecule has 0 amide bonds. The Kier molecular flexibility index (Phi) is 2.99. The van der Waals surface area contributed by atoms with Gasteiger partial charge in [0.15, 0.2) is 0 Å². The third-order valence-corrected chi connectivity index (χ3v) is 2.91. The number of hydrogen-bond donors (Lipinski definition) is 1. The molecule has 0 aliphatic rings. The summed E-state index contributed by atoms with van der Waals surface area (Å²) in [4.78, 5) is 4.43. The van der Waals surface area contributed by atoms with Crippen molar-refractivity contribution in [2.45, 2.75) is 13.5 Å². The second-order valence-corrected chi connectivity index (χ2v) is 4.17. The highest BCUT2D eigenvalue weighted by Gasteiger charge is 2.11. The third-order valence-electron chi connectivity index (χ3n) is 2.66. The molecule has 1 aromatic carbocycles. The summed E-state index contributed by atoms with van der Waals surface area (Å²) in [6, 6.07) is 7.75. The fraction of sp³-hybridized carbons (Fsp3) is 0.250. The van der Waals surface area contributed by atoms with Crippen molar-refractivity contribution in [1.82, 2.24) is 9.55 Å². The van der Waals surface area contributed by atoms with Crippen LogP contribution in [-0.2, 0) is 13.6 Å². The van der Waals surface area contributed by atoms with E-state index in [1.165, 1.54) is 0 Å². The first-order valence-corrected chi connectivity index (χ1v) is 5.49. The van der Waals surface area contributed by atoms with Gasteiger partial charge in [0.05, 0.1) is 17.9 Å². The van der Waals surface area contributed by atoms with Gasteiger partial charge in [-0.2, -0.15) is 0 Å². The molecular formula is C12H14ClN3. The lowest BCUT2D eigenvalue weighted by Crippen LogP contribution is -2.05. The summed E-state index contributed by atoms with van der Waals surface area (Å²) in [5.74, 6) is 0.891. The smallest absolute Gasteiger partial charge is 0.122 e. The molecule has 0 bridgehead atoms. The van der Waals surface area contributed by atoms with Crippen molar-refractivity contribution < 1.29 is 0 Å². The van der Waals surface area contributed by atoms with Crippen molar-refractivity contribution >= 4 is 11.6 Å². The molecule has 0 fully saturated rings. The second-order valence-electron chi connectivity index (χ2n) is 3.73. The predicted octanol–water partition coefficient (Wildman–Crippen LogP) is 2.51. The zero-order valence-corrected chi connectivity index (χ0v) is 10.1. The van der Waals surface area contributed by atoms with E-state index in [9.17, 15) is 0 Å². The molecule has 0 aliphatic carbocycles. The number of aromatic nitrogens is 2. The lowest BCUT2D eigenvalue weighted by atomic mass is 10.1. The fourth-order valence-electron chi connectivity index (χ4n) is 1.89. The van der Waals surface area contributed by atoms with E-state index < -0.39 is 0 Å². The molecule has 0 saturated carbocycles. The first kappa shape index (κ1) is 11.2. The number of nitrogens with two attached hydrogens (primary N) is 1. The number of nitrogens with zero attached hydrogens (tertiary/aromatic N) is 2. The molecule has 1 aromatic heterocycles. The first-order valence-electron chi connectivity index (χ1n) is 5.11. The van der Waals surface area contributed by atoms with Gasteiger partial charge >= 0.3 is 0 Å². The van der Waals surface area contributed by atoms with Crippen LogP contribution < -0.4 is 5.73 Å². The van der Waals surface area contributed by atoms with Gasteiger partial charge in [-0.1, -0.05) is 23.7 Å². The molecule has 3 nitrogen and oxygen atoms in total. The minimum atomic E-state index is 0.449. The van der Waals surface area contributed by atoms with Gasteiger partial charge in [-0.05, 0) is 19.1 Å². The van der Waals surface area contributed by atoms with Crippen LogP contribution in [0, 0.1) is 6.92 Å². The van der Waals surface area contributed by atoms with Gasteiger partial charge in [0.25, 0.3) is 0 Å². The Hall–Kier alpha value is -1.32. The van der Waals surface area contributed by atoms with E-state index in [2.05, 4.69) is 4.98 Å². The Morgan fingerprint density at radius 1 is 1.31 bits per heavy atom. The molecule has 0 unspecified atom stereocenters. The standard InChI is InChI=1S/C12H14ClN3/c1-8-12(16(2)11(7-14)15-8)9-3-5-10(13)6-4-9/h3-6H,7,14H2,1-2H3. The number of rotatable bonds is 2. The molecule has 2 rings (SSSR count). The third kappa shape index (κ3) is 1.84. The van der Waals surface area contributed by atoms with E-state index in [0.717, 1.165) is 27.8 Å². The molecular weight excluding hydrogens is 222 g/mol. The Balaban J connectivity index is 2.55. The van der Waals surface area contributed by atoms with Gasteiger partial charge < -0.3 is 10.3 Å². The molecule has 2 N–H and O–H groups in total. The number of benzene rings is 1. The summed E-state index contributed by atoms with van der Waals surface area (Å²) in [5.41, 5.74) is 8.82. The van der Waals surface area contributed by atoms with Crippen LogP contribution in [0.1, 0.15) is 11.5 Å². The topological polar surface area (TPSA) is 43.8 Å². The lowest BCUT2D eigenvalue weighted by Gasteiger charge is -2.05. The maximum atomic E-state index is 5.87. The highest BCUT2D eigenvalue weighted by Crippen LogP contribution is 2.25. The molecule has 0 aliphatic heterocycles. The molecule has 4 heteroatoms. The molecule has 16 heavy (non-hydrogen) atoms. The van der Waals surface area contributed by atoms with Crippen LogP contribution in [0.25, 0.3) is 11.3 Å². The summed E-state index contributed by atoms with van der Waals surface area (Å²) < 4.78 is 2.03. The zero-order chi connectivity index (χ0) is 11.7. The van der Waals surface area contributed by atoms with Crippen LogP contribution in [0.4, 0.5) is 0 Å². The highest BCUT2D eigenvalue weighted by molar-refractivity contribution is 6.30. The first-order chi connectivity index (χ1) is 7.63. The van der Waals surface area contributed by atoms with E-state index in [-0.39, 0.29) is 0 Å². The largest absolute Gasteiger partial charge is 0.330 e. The molecule has 0 atom stereocenters. The number of aryl methyl sites for hydroxylation is 1. The summed E-state index contributed by atoms with van der Waals surface area (Å²) >= 11 is 5.87. The van der Waals surface area contributed by atoms with Crippen molar-refractivity contribution in [3.8, 4) is 11.3 Å². The Bertz CT molecular complexity index is 500. The fourth-order valence-corrected chi connectivity index (χ4v) is 2.01. The minimum absolute atomic E-state index is 0.449. The van der Waals surface area contributed by atoms with Crippen molar-refractivity contribution in [3.63, 3.8) is 0 Å². The normalized spacial score (nSPS) is 10.8. The maximum absolute atomic E-state index is 5.87. The van der Waals surface area contributed by atoms with Crippen molar-refractivity contribution in [2.24, 2.45) is 12.8 Å². The van der Waals surface area contributed by atoms with E-state index in [1.54, 1.807) is 0 Å². The van der Waals surface area contributed by atoms with Crippen LogP contribution in [0.15, 0.2) is 24.3 Å². The van der Waals surface area contributed by atoms with Gasteiger partial charge in [0.2, 0.25) is 0 Å². The molecule has 84 valence electrons. The lowest BCUT2D eigenvalue weighted by molar-refractivity contribution is 0.798. The van der Waals surface area contributed by atoms with Crippen LogP contribution in [0.3, 0.4) is 0 Å². The summed E-state index contributed by atoms with van der Waals surface area (Å²) in [6.45, 7) is 2.44. The van der Waals surface area contributed by atoms with Gasteiger partial charge in [-0.15, -0.1) is 0 Å².